The van der Waals surface area contributed by atoms with Gasteiger partial charge in [-0.25, -0.2) is 4.79 Å². The number of nitrogens with zero attached hydrogens (tertiary/aromatic N) is 2. The Bertz CT molecular complexity index is 1010. The van der Waals surface area contributed by atoms with E-state index in [1.807, 2.05) is 30.3 Å². The molecule has 5 nitrogen and oxygen atoms in total. The van der Waals surface area contributed by atoms with Crippen molar-refractivity contribution in [2.45, 2.75) is 12.8 Å². The number of H-pyrrole nitrogens is 1. The lowest BCUT2D eigenvalue weighted by Gasteiger charge is -2.19. The lowest BCUT2D eigenvalue weighted by molar-refractivity contribution is 0.0691. The second-order valence-corrected chi connectivity index (χ2v) is 6.36. The summed E-state index contributed by atoms with van der Waals surface area (Å²) in [5.41, 5.74) is 4.63. The molecule has 1 aliphatic heterocycles. The third-order valence-corrected chi connectivity index (χ3v) is 4.70. The second-order valence-electron chi connectivity index (χ2n) is 6.36. The van der Waals surface area contributed by atoms with Gasteiger partial charge in [-0.05, 0) is 60.4 Å². The third kappa shape index (κ3) is 2.83. The predicted octanol–water partition coefficient (Wildman–Crippen LogP) is 4.00. The molecule has 2 aromatic carbocycles. The van der Waals surface area contributed by atoms with Crippen molar-refractivity contribution in [1.29, 1.82) is 5.26 Å². The molecule has 2 N–H and O–H groups in total. The number of nitrogens with one attached hydrogen (secondary N) is 1. The minimum absolute atomic E-state index is 0.177. The summed E-state index contributed by atoms with van der Waals surface area (Å²) in [6.07, 6.45) is 2.36. The van der Waals surface area contributed by atoms with E-state index in [9.17, 15) is 10.1 Å². The molecule has 0 bridgehead atoms. The first kappa shape index (κ1) is 15.3. The van der Waals surface area contributed by atoms with Crippen LogP contribution in [0.15, 0.2) is 42.5 Å². The summed E-state index contributed by atoms with van der Waals surface area (Å²) in [5, 5.41) is 19.3. The molecule has 0 atom stereocenters. The van der Waals surface area contributed by atoms with Crippen molar-refractivity contribution in [2.75, 3.05) is 18.0 Å². The largest absolute Gasteiger partial charge is 0.477 e. The molecular formula is C20H17N3O2. The highest BCUT2D eigenvalue weighted by Crippen LogP contribution is 2.30. The van der Waals surface area contributed by atoms with Crippen LogP contribution in [0.4, 0.5) is 5.69 Å². The van der Waals surface area contributed by atoms with Gasteiger partial charge in [0.05, 0.1) is 11.6 Å². The Morgan fingerprint density at radius 2 is 1.88 bits per heavy atom. The van der Waals surface area contributed by atoms with Crippen LogP contribution in [0.25, 0.3) is 22.0 Å². The van der Waals surface area contributed by atoms with Crippen LogP contribution >= 0.6 is 0 Å². The van der Waals surface area contributed by atoms with Gasteiger partial charge in [-0.3, -0.25) is 0 Å². The normalized spacial score (nSPS) is 14.0. The first-order valence-corrected chi connectivity index (χ1v) is 8.30. The molecule has 0 radical (unpaired) electrons. The van der Waals surface area contributed by atoms with Crippen molar-refractivity contribution >= 4 is 22.6 Å². The summed E-state index contributed by atoms with van der Waals surface area (Å²) in [7, 11) is 0. The number of carboxylic acids is 1. The van der Waals surface area contributed by atoms with Crippen LogP contribution in [-0.4, -0.2) is 29.1 Å². The van der Waals surface area contributed by atoms with Gasteiger partial charge in [0.15, 0.2) is 0 Å². The standard InChI is InChI=1S/C20H17N3O2/c21-12-13-7-15(10-17(8-13)23-5-1-2-6-23)14-3-4-18-16(9-14)11-19(22-18)20(24)25/h3-4,7-11,22H,1-2,5-6H2,(H,24,25). The smallest absolute Gasteiger partial charge is 0.352 e. The summed E-state index contributed by atoms with van der Waals surface area (Å²) >= 11 is 0. The number of aromatic amines is 1. The lowest BCUT2D eigenvalue weighted by Crippen LogP contribution is -2.17. The Morgan fingerprint density at radius 1 is 1.08 bits per heavy atom. The molecule has 25 heavy (non-hydrogen) atoms. The monoisotopic (exact) mass is 331 g/mol. The van der Waals surface area contributed by atoms with E-state index in [1.54, 1.807) is 6.07 Å². The van der Waals surface area contributed by atoms with E-state index >= 15 is 0 Å². The number of rotatable bonds is 3. The number of hydrogen-bond donors (Lipinski definition) is 2. The maximum atomic E-state index is 11.1. The third-order valence-electron chi connectivity index (χ3n) is 4.70. The summed E-state index contributed by atoms with van der Waals surface area (Å²) in [6.45, 7) is 2.04. The number of fused-ring (bicyclic) bond motifs is 1. The fourth-order valence-electron chi connectivity index (χ4n) is 3.43. The van der Waals surface area contributed by atoms with Crippen LogP contribution in [0.3, 0.4) is 0 Å². The van der Waals surface area contributed by atoms with Crippen molar-refractivity contribution in [3.05, 3.63) is 53.7 Å². The van der Waals surface area contributed by atoms with Gasteiger partial charge in [0.25, 0.3) is 0 Å². The quantitative estimate of drug-likeness (QED) is 0.760. The van der Waals surface area contributed by atoms with Crippen molar-refractivity contribution in [3.63, 3.8) is 0 Å². The van der Waals surface area contributed by atoms with E-state index in [4.69, 9.17) is 5.11 Å². The van der Waals surface area contributed by atoms with Gasteiger partial charge in [0.1, 0.15) is 5.69 Å². The molecule has 5 heteroatoms. The van der Waals surface area contributed by atoms with Crippen LogP contribution in [0.1, 0.15) is 28.9 Å². The molecule has 1 saturated heterocycles. The number of aromatic carboxylic acids is 1. The van der Waals surface area contributed by atoms with E-state index < -0.39 is 5.97 Å². The highest BCUT2D eigenvalue weighted by atomic mass is 16.4. The van der Waals surface area contributed by atoms with Gasteiger partial charge in [-0.2, -0.15) is 5.26 Å². The fourth-order valence-corrected chi connectivity index (χ4v) is 3.43. The van der Waals surface area contributed by atoms with Crippen LogP contribution in [0.2, 0.25) is 0 Å². The van der Waals surface area contributed by atoms with E-state index in [-0.39, 0.29) is 5.69 Å². The second kappa shape index (κ2) is 5.99. The molecule has 4 rings (SSSR count). The van der Waals surface area contributed by atoms with Gasteiger partial charge in [-0.15, -0.1) is 0 Å². The van der Waals surface area contributed by atoms with Crippen molar-refractivity contribution in [2.24, 2.45) is 0 Å². The Hall–Kier alpha value is -3.26. The molecule has 1 aliphatic rings. The SMILES string of the molecule is N#Cc1cc(-c2ccc3[nH]c(C(=O)O)cc3c2)cc(N2CCCC2)c1. The Labute approximate surface area is 145 Å². The minimum atomic E-state index is -0.972. The summed E-state index contributed by atoms with van der Waals surface area (Å²) in [4.78, 5) is 16.3. The first-order chi connectivity index (χ1) is 12.1. The fraction of sp³-hybridized carbons (Fsp3) is 0.200. The van der Waals surface area contributed by atoms with E-state index in [2.05, 4.69) is 22.0 Å². The van der Waals surface area contributed by atoms with Crippen LogP contribution in [-0.2, 0) is 0 Å². The van der Waals surface area contributed by atoms with Gasteiger partial charge < -0.3 is 15.0 Å². The van der Waals surface area contributed by atoms with Gasteiger partial charge in [-0.1, -0.05) is 6.07 Å². The van der Waals surface area contributed by atoms with Gasteiger partial charge in [0.2, 0.25) is 0 Å². The Morgan fingerprint density at radius 3 is 2.60 bits per heavy atom. The molecule has 0 unspecified atom stereocenters. The average Bonchev–Trinajstić information content (AvgIpc) is 3.30. The maximum Gasteiger partial charge on any atom is 0.352 e. The molecule has 124 valence electrons. The van der Waals surface area contributed by atoms with Gasteiger partial charge in [0, 0.05) is 29.7 Å². The molecular weight excluding hydrogens is 314 g/mol. The predicted molar refractivity (Wildman–Crippen MR) is 96.9 cm³/mol. The molecule has 0 amide bonds. The van der Waals surface area contributed by atoms with Crippen LogP contribution in [0, 0.1) is 11.3 Å². The topological polar surface area (TPSA) is 80.1 Å². The Kier molecular flexibility index (Phi) is 3.66. The van der Waals surface area contributed by atoms with Crippen LogP contribution in [0.5, 0.6) is 0 Å². The van der Waals surface area contributed by atoms with E-state index in [1.165, 1.54) is 12.8 Å². The molecule has 2 heterocycles. The molecule has 3 aromatic rings. The summed E-state index contributed by atoms with van der Waals surface area (Å²) < 4.78 is 0. The number of anilines is 1. The number of hydrogen-bond acceptors (Lipinski definition) is 3. The molecule has 0 spiro atoms. The molecule has 0 saturated carbocycles. The highest BCUT2D eigenvalue weighted by molar-refractivity contribution is 5.95. The zero-order chi connectivity index (χ0) is 17.4. The average molecular weight is 331 g/mol. The van der Waals surface area contributed by atoms with Crippen molar-refractivity contribution in [1.82, 2.24) is 4.98 Å². The first-order valence-electron chi connectivity index (χ1n) is 8.30. The molecule has 0 aliphatic carbocycles. The highest BCUT2D eigenvalue weighted by Gasteiger charge is 2.15. The van der Waals surface area contributed by atoms with Crippen molar-refractivity contribution in [3.8, 4) is 17.2 Å². The van der Waals surface area contributed by atoms with Gasteiger partial charge >= 0.3 is 5.97 Å². The van der Waals surface area contributed by atoms with E-state index in [0.717, 1.165) is 40.8 Å². The number of aromatic nitrogens is 1. The zero-order valence-electron chi connectivity index (χ0n) is 13.6. The lowest BCUT2D eigenvalue weighted by atomic mass is 10.0. The Balaban J connectivity index is 1.80. The van der Waals surface area contributed by atoms with E-state index in [0.29, 0.717) is 5.56 Å². The number of carboxylic acid groups (broad SMARTS) is 1. The van der Waals surface area contributed by atoms with Crippen LogP contribution < -0.4 is 4.90 Å². The zero-order valence-corrected chi connectivity index (χ0v) is 13.6. The summed E-state index contributed by atoms with van der Waals surface area (Å²) in [6, 6.07) is 15.6. The number of nitriles is 1. The minimum Gasteiger partial charge on any atom is -0.477 e. The molecule has 1 fully saturated rings. The van der Waals surface area contributed by atoms with Crippen molar-refractivity contribution < 1.29 is 9.90 Å². The maximum absolute atomic E-state index is 11.1. The number of carbonyl (C=O) groups is 1. The molecule has 1 aromatic heterocycles. The summed E-state index contributed by atoms with van der Waals surface area (Å²) in [5.74, 6) is -0.972. The number of benzene rings is 2.